The van der Waals surface area contributed by atoms with Crippen molar-refractivity contribution < 1.29 is 19.4 Å². The smallest absolute Gasteiger partial charge is 0.310 e. The van der Waals surface area contributed by atoms with Crippen LogP contribution in [0.1, 0.15) is 25.0 Å². The monoisotopic (exact) mass is 410 g/mol. The third-order valence-electron chi connectivity index (χ3n) is 5.15. The van der Waals surface area contributed by atoms with Gasteiger partial charge in [0.25, 0.3) is 0 Å². The third kappa shape index (κ3) is 5.62. The van der Waals surface area contributed by atoms with Crippen LogP contribution in [0.2, 0.25) is 0 Å². The first kappa shape index (κ1) is 21.9. The maximum Gasteiger partial charge on any atom is 0.310 e. The highest BCUT2D eigenvalue weighted by Gasteiger charge is 2.18. The summed E-state index contributed by atoms with van der Waals surface area (Å²) < 4.78 is 10.8. The third-order valence-corrected chi connectivity index (χ3v) is 5.15. The van der Waals surface area contributed by atoms with E-state index in [1.807, 2.05) is 36.4 Å². The summed E-state index contributed by atoms with van der Waals surface area (Å²) >= 11 is 0. The zero-order chi connectivity index (χ0) is 21.5. The molecular weight excluding hydrogens is 380 g/mol. The largest absolute Gasteiger partial charge is 0.490 e. The molecule has 0 saturated carbocycles. The second-order valence-electron chi connectivity index (χ2n) is 7.72. The molecule has 1 atom stereocenters. The number of fused-ring (bicyclic) bond motifs is 1. The van der Waals surface area contributed by atoms with Gasteiger partial charge in [0, 0.05) is 36.2 Å². The lowest BCUT2D eigenvalue weighted by Crippen LogP contribution is -2.39. The molecule has 6 nitrogen and oxygen atoms in total. The van der Waals surface area contributed by atoms with E-state index >= 15 is 0 Å². The van der Waals surface area contributed by atoms with E-state index in [1.54, 1.807) is 6.20 Å². The second-order valence-corrected chi connectivity index (χ2v) is 7.72. The zero-order valence-electron chi connectivity index (χ0n) is 17.8. The van der Waals surface area contributed by atoms with Crippen LogP contribution in [0.5, 0.6) is 5.75 Å². The van der Waals surface area contributed by atoms with Crippen LogP contribution >= 0.6 is 0 Å². The summed E-state index contributed by atoms with van der Waals surface area (Å²) in [5, 5.41) is 11.5. The number of nitrogens with zero attached hydrogens (tertiary/aromatic N) is 1. The van der Waals surface area contributed by atoms with Crippen LogP contribution in [0, 0.1) is 0 Å². The van der Waals surface area contributed by atoms with Gasteiger partial charge in [0.15, 0.2) is 0 Å². The number of aliphatic hydroxyl groups is 1. The first-order chi connectivity index (χ1) is 14.5. The van der Waals surface area contributed by atoms with Crippen LogP contribution in [0.25, 0.3) is 10.9 Å². The molecule has 0 aliphatic rings. The Bertz CT molecular complexity index is 952. The van der Waals surface area contributed by atoms with Gasteiger partial charge < -0.3 is 19.6 Å². The molecule has 2 N–H and O–H groups in total. The molecule has 3 aromatic rings. The molecule has 0 bridgehead atoms. The molecule has 0 radical (unpaired) electrons. The van der Waals surface area contributed by atoms with Crippen molar-refractivity contribution in [2.24, 2.45) is 0 Å². The van der Waals surface area contributed by atoms with Gasteiger partial charge in [-0.3, -0.25) is 9.69 Å². The predicted molar refractivity (Wildman–Crippen MR) is 118 cm³/mol. The molecule has 3 rings (SSSR count). The topological polar surface area (TPSA) is 74.8 Å². The van der Waals surface area contributed by atoms with E-state index < -0.39 is 6.10 Å². The number of carbonyl (C=O) groups is 1. The summed E-state index contributed by atoms with van der Waals surface area (Å²) in [6.07, 6.45) is 1.32. The SMILES string of the molecule is COC(=O)Cc1c[nH]c2cccc(OC[C@H](O)CN(Cc3ccccc3)C(C)C)c12. The zero-order valence-corrected chi connectivity index (χ0v) is 17.8. The Hall–Kier alpha value is -2.83. The molecule has 0 unspecified atom stereocenters. The maximum atomic E-state index is 11.7. The van der Waals surface area contributed by atoms with E-state index in [0.29, 0.717) is 18.3 Å². The molecule has 2 aromatic carbocycles. The minimum atomic E-state index is -0.644. The van der Waals surface area contributed by atoms with E-state index in [0.717, 1.165) is 23.0 Å². The number of aromatic nitrogens is 1. The molecule has 0 fully saturated rings. The van der Waals surface area contributed by atoms with E-state index in [9.17, 15) is 9.90 Å². The Balaban J connectivity index is 1.66. The van der Waals surface area contributed by atoms with Gasteiger partial charge in [-0.2, -0.15) is 0 Å². The van der Waals surface area contributed by atoms with Crippen LogP contribution < -0.4 is 4.74 Å². The van der Waals surface area contributed by atoms with Crippen molar-refractivity contribution in [3.63, 3.8) is 0 Å². The van der Waals surface area contributed by atoms with Crippen molar-refractivity contribution in [2.45, 2.75) is 39.0 Å². The summed E-state index contributed by atoms with van der Waals surface area (Å²) in [6.45, 7) is 5.68. The Kier molecular flexibility index (Phi) is 7.49. The second kappa shape index (κ2) is 10.3. The van der Waals surface area contributed by atoms with Gasteiger partial charge in [-0.15, -0.1) is 0 Å². The van der Waals surface area contributed by atoms with Crippen LogP contribution in [0.3, 0.4) is 0 Å². The number of nitrogens with one attached hydrogen (secondary N) is 1. The number of carbonyl (C=O) groups excluding carboxylic acids is 1. The molecule has 1 heterocycles. The van der Waals surface area contributed by atoms with Crippen molar-refractivity contribution in [2.75, 3.05) is 20.3 Å². The number of ether oxygens (including phenoxy) is 2. The van der Waals surface area contributed by atoms with Gasteiger partial charge in [0.05, 0.1) is 13.5 Å². The van der Waals surface area contributed by atoms with Crippen LogP contribution in [0.4, 0.5) is 0 Å². The molecular formula is C24H30N2O4. The molecule has 0 saturated heterocycles. The predicted octanol–water partition coefficient (Wildman–Crippen LogP) is 3.53. The normalized spacial score (nSPS) is 12.5. The minimum absolute atomic E-state index is 0.164. The van der Waals surface area contributed by atoms with E-state index in [4.69, 9.17) is 9.47 Å². The number of aliphatic hydroxyl groups excluding tert-OH is 1. The van der Waals surface area contributed by atoms with Crippen LogP contribution in [-0.4, -0.2) is 53.4 Å². The van der Waals surface area contributed by atoms with Crippen molar-refractivity contribution in [3.05, 3.63) is 65.9 Å². The van der Waals surface area contributed by atoms with Crippen molar-refractivity contribution in [1.29, 1.82) is 0 Å². The summed E-state index contributed by atoms with van der Waals surface area (Å²) in [5.74, 6) is 0.338. The standard InChI is InChI=1S/C24H30N2O4/c1-17(2)26(14-18-8-5-4-6-9-18)15-20(27)16-30-22-11-7-10-21-24(22)19(13-25-21)12-23(28)29-3/h4-11,13,17,20,25,27H,12,14-16H2,1-3H3/t20-/m1/s1. The molecule has 0 aliphatic carbocycles. The van der Waals surface area contributed by atoms with E-state index in [1.165, 1.54) is 12.7 Å². The average Bonchev–Trinajstić information content (AvgIpc) is 3.15. The van der Waals surface area contributed by atoms with E-state index in [2.05, 4.69) is 35.9 Å². The van der Waals surface area contributed by atoms with E-state index in [-0.39, 0.29) is 19.0 Å². The highest BCUT2D eigenvalue weighted by atomic mass is 16.5. The number of H-pyrrole nitrogens is 1. The number of aromatic amines is 1. The fourth-order valence-corrected chi connectivity index (χ4v) is 3.49. The summed E-state index contributed by atoms with van der Waals surface area (Å²) in [4.78, 5) is 17.1. The van der Waals surface area contributed by atoms with Crippen molar-refractivity contribution in [1.82, 2.24) is 9.88 Å². The molecule has 6 heteroatoms. The number of rotatable bonds is 10. The van der Waals surface area contributed by atoms with Gasteiger partial charge in [0.2, 0.25) is 0 Å². The number of methoxy groups -OCH3 is 1. The van der Waals surface area contributed by atoms with Gasteiger partial charge in [-0.25, -0.2) is 0 Å². The summed E-state index contributed by atoms with van der Waals surface area (Å²) in [6, 6.07) is 16.2. The quantitative estimate of drug-likeness (QED) is 0.500. The minimum Gasteiger partial charge on any atom is -0.490 e. The highest BCUT2D eigenvalue weighted by molar-refractivity contribution is 5.92. The first-order valence-electron chi connectivity index (χ1n) is 10.2. The fourth-order valence-electron chi connectivity index (χ4n) is 3.49. The van der Waals surface area contributed by atoms with Crippen molar-refractivity contribution in [3.8, 4) is 5.75 Å². The molecule has 160 valence electrons. The lowest BCUT2D eigenvalue weighted by atomic mass is 10.1. The number of benzene rings is 2. The molecule has 0 aliphatic heterocycles. The molecule has 1 aromatic heterocycles. The summed E-state index contributed by atoms with van der Waals surface area (Å²) in [7, 11) is 1.38. The average molecular weight is 411 g/mol. The van der Waals surface area contributed by atoms with Crippen LogP contribution in [0.15, 0.2) is 54.7 Å². The highest BCUT2D eigenvalue weighted by Crippen LogP contribution is 2.29. The lowest BCUT2D eigenvalue weighted by molar-refractivity contribution is -0.139. The van der Waals surface area contributed by atoms with Crippen molar-refractivity contribution >= 4 is 16.9 Å². The number of esters is 1. The number of hydrogen-bond donors (Lipinski definition) is 2. The fraction of sp³-hybridized carbons (Fsp3) is 0.375. The Morgan fingerprint density at radius 1 is 1.13 bits per heavy atom. The Morgan fingerprint density at radius 2 is 1.90 bits per heavy atom. The first-order valence-corrected chi connectivity index (χ1v) is 10.2. The Labute approximate surface area is 177 Å². The van der Waals surface area contributed by atoms with Gasteiger partial charge >= 0.3 is 5.97 Å². The maximum absolute atomic E-state index is 11.7. The lowest BCUT2D eigenvalue weighted by Gasteiger charge is -2.29. The summed E-state index contributed by atoms with van der Waals surface area (Å²) in [5.41, 5.74) is 2.91. The Morgan fingerprint density at radius 3 is 2.60 bits per heavy atom. The van der Waals surface area contributed by atoms with Gasteiger partial charge in [0.1, 0.15) is 18.5 Å². The molecule has 0 spiro atoms. The van der Waals surface area contributed by atoms with Crippen LogP contribution in [-0.2, 0) is 22.5 Å². The number of hydrogen-bond acceptors (Lipinski definition) is 5. The molecule has 30 heavy (non-hydrogen) atoms. The van der Waals surface area contributed by atoms with Gasteiger partial charge in [-0.1, -0.05) is 36.4 Å². The van der Waals surface area contributed by atoms with Gasteiger partial charge in [-0.05, 0) is 37.1 Å². The molecule has 0 amide bonds.